The van der Waals surface area contributed by atoms with Gasteiger partial charge in [0.2, 0.25) is 0 Å². The average molecular weight is 482 g/mol. The lowest BCUT2D eigenvalue weighted by Crippen LogP contribution is -2.28. The molecule has 2 aromatic carbocycles. The van der Waals surface area contributed by atoms with Crippen molar-refractivity contribution in [1.82, 2.24) is 24.5 Å². The van der Waals surface area contributed by atoms with Gasteiger partial charge in [0.05, 0.1) is 11.4 Å². The summed E-state index contributed by atoms with van der Waals surface area (Å²) in [5.74, 6) is 0.825. The monoisotopic (exact) mass is 481 g/mol. The van der Waals surface area contributed by atoms with Gasteiger partial charge in [-0.2, -0.15) is 5.10 Å². The van der Waals surface area contributed by atoms with E-state index in [2.05, 4.69) is 39.6 Å². The molecule has 0 aliphatic heterocycles. The van der Waals surface area contributed by atoms with Crippen molar-refractivity contribution in [3.8, 4) is 11.3 Å². The molecule has 1 N–H and O–H groups in total. The van der Waals surface area contributed by atoms with Crippen molar-refractivity contribution >= 4 is 23.3 Å². The summed E-state index contributed by atoms with van der Waals surface area (Å²) in [7, 11) is 1.86. The lowest BCUT2D eigenvalue weighted by molar-refractivity contribution is 0.0793. The molecule has 5 aromatic rings. The number of thioether (sulfide) groups is 1. The number of benzene rings is 2. The second-order valence-corrected chi connectivity index (χ2v) is 9.53. The molecule has 0 unspecified atom stereocenters. The average Bonchev–Trinajstić information content (AvgIpc) is 3.55. The van der Waals surface area contributed by atoms with E-state index < -0.39 is 0 Å². The molecule has 3 heterocycles. The summed E-state index contributed by atoms with van der Waals surface area (Å²) in [6.07, 6.45) is 5.77. The van der Waals surface area contributed by atoms with Crippen LogP contribution in [-0.4, -0.2) is 44.0 Å². The van der Waals surface area contributed by atoms with E-state index in [9.17, 15) is 4.79 Å². The van der Waals surface area contributed by atoms with Crippen LogP contribution in [0.1, 0.15) is 28.2 Å². The fourth-order valence-corrected chi connectivity index (χ4v) is 4.77. The number of pyridine rings is 1. The zero-order chi connectivity index (χ0) is 24.0. The fourth-order valence-electron chi connectivity index (χ4n) is 3.98. The summed E-state index contributed by atoms with van der Waals surface area (Å²) < 4.78 is 2.03. The lowest BCUT2D eigenvalue weighted by Gasteiger charge is -2.17. The Morgan fingerprint density at radius 2 is 1.83 bits per heavy atom. The van der Waals surface area contributed by atoms with E-state index in [-0.39, 0.29) is 5.91 Å². The van der Waals surface area contributed by atoms with Crippen molar-refractivity contribution in [2.24, 2.45) is 0 Å². The van der Waals surface area contributed by atoms with Crippen LogP contribution in [0.3, 0.4) is 0 Å². The zero-order valence-electron chi connectivity index (χ0n) is 19.6. The minimum atomic E-state index is 0.0384. The summed E-state index contributed by atoms with van der Waals surface area (Å²) >= 11 is 1.72. The zero-order valence-corrected chi connectivity index (χ0v) is 20.4. The maximum atomic E-state index is 12.9. The van der Waals surface area contributed by atoms with Crippen LogP contribution in [0.5, 0.6) is 0 Å². The molecule has 0 saturated carbocycles. The van der Waals surface area contributed by atoms with E-state index in [4.69, 9.17) is 0 Å². The topological polar surface area (TPSA) is 66.3 Å². The van der Waals surface area contributed by atoms with Crippen LogP contribution >= 0.6 is 11.8 Å². The first-order valence-electron chi connectivity index (χ1n) is 11.7. The van der Waals surface area contributed by atoms with Crippen LogP contribution in [0.4, 0.5) is 0 Å². The molecule has 35 heavy (non-hydrogen) atoms. The molecule has 7 heteroatoms. The molecule has 3 aromatic heterocycles. The van der Waals surface area contributed by atoms with Crippen molar-refractivity contribution in [3.63, 3.8) is 0 Å². The molecule has 0 aliphatic rings. The molecule has 0 atom stereocenters. The van der Waals surface area contributed by atoms with Crippen molar-refractivity contribution in [3.05, 3.63) is 108 Å². The molecule has 0 bridgehead atoms. The molecule has 0 radical (unpaired) electrons. The van der Waals surface area contributed by atoms with E-state index in [1.807, 2.05) is 78.3 Å². The van der Waals surface area contributed by atoms with Gasteiger partial charge in [-0.1, -0.05) is 36.4 Å². The molecule has 5 rings (SSSR count). The Labute approximate surface area is 209 Å². The molecule has 6 nitrogen and oxygen atoms in total. The number of hydrogen-bond acceptors (Lipinski definition) is 4. The number of imidazole rings is 1. The highest BCUT2D eigenvalue weighted by molar-refractivity contribution is 7.98. The number of aromatic nitrogens is 4. The van der Waals surface area contributed by atoms with Crippen LogP contribution in [-0.2, 0) is 12.2 Å². The summed E-state index contributed by atoms with van der Waals surface area (Å²) in [6.45, 7) is 0.683. The highest BCUT2D eigenvalue weighted by Gasteiger charge is 2.12. The molecule has 0 saturated heterocycles. The third-order valence-corrected chi connectivity index (χ3v) is 6.93. The predicted octanol–water partition coefficient (Wildman–Crippen LogP) is 5.72. The minimum absolute atomic E-state index is 0.0384. The Morgan fingerprint density at radius 1 is 1.03 bits per heavy atom. The van der Waals surface area contributed by atoms with Crippen LogP contribution < -0.4 is 0 Å². The number of amides is 1. The first-order chi connectivity index (χ1) is 17.2. The second-order valence-electron chi connectivity index (χ2n) is 8.49. The largest absolute Gasteiger partial charge is 0.342 e. The molecular formula is C28H27N5OS. The SMILES string of the molecule is CN(CCCc1cc(-c2ccccc2)n[nH]1)C(=O)c1ccc(SCc2cn3ccccc3n2)cc1. The third-order valence-electron chi connectivity index (χ3n) is 5.89. The predicted molar refractivity (Wildman–Crippen MR) is 141 cm³/mol. The van der Waals surface area contributed by atoms with Crippen LogP contribution in [0.2, 0.25) is 0 Å². The molecule has 0 spiro atoms. The van der Waals surface area contributed by atoms with E-state index in [0.717, 1.165) is 51.8 Å². The number of hydrogen-bond donors (Lipinski definition) is 1. The normalized spacial score (nSPS) is 11.1. The van der Waals surface area contributed by atoms with Crippen molar-refractivity contribution in [2.45, 2.75) is 23.5 Å². The second kappa shape index (κ2) is 10.6. The number of nitrogens with zero attached hydrogens (tertiary/aromatic N) is 4. The van der Waals surface area contributed by atoms with E-state index in [1.165, 1.54) is 0 Å². The van der Waals surface area contributed by atoms with Gasteiger partial charge in [-0.15, -0.1) is 11.8 Å². The highest BCUT2D eigenvalue weighted by Crippen LogP contribution is 2.23. The minimum Gasteiger partial charge on any atom is -0.342 e. The molecular weight excluding hydrogens is 454 g/mol. The van der Waals surface area contributed by atoms with Gasteiger partial charge in [0.15, 0.2) is 0 Å². The number of fused-ring (bicyclic) bond motifs is 1. The Morgan fingerprint density at radius 3 is 2.63 bits per heavy atom. The Bertz CT molecular complexity index is 1380. The van der Waals surface area contributed by atoms with Crippen molar-refractivity contribution < 1.29 is 4.79 Å². The molecule has 0 aliphatic carbocycles. The number of carbonyl (C=O) groups excluding carboxylic acids is 1. The number of aryl methyl sites for hydroxylation is 1. The molecule has 1 amide bonds. The maximum absolute atomic E-state index is 12.9. The standard InChI is InChI=1S/C28H27N5OS/c1-32(16-7-10-23-18-26(31-30-23)21-8-3-2-4-9-21)28(34)22-12-14-25(15-13-22)35-20-24-19-33-17-6-5-11-27(33)29-24/h2-6,8-9,11-15,17-19H,7,10,16,20H2,1H3,(H,30,31). The van der Waals surface area contributed by atoms with Gasteiger partial charge in [-0.25, -0.2) is 4.98 Å². The number of rotatable bonds is 9. The Kier molecular flexibility index (Phi) is 6.95. The van der Waals surface area contributed by atoms with Crippen molar-refractivity contribution in [2.75, 3.05) is 13.6 Å². The van der Waals surface area contributed by atoms with Gasteiger partial charge in [0.1, 0.15) is 5.65 Å². The fraction of sp³-hybridized carbons (Fsp3) is 0.179. The molecule has 176 valence electrons. The first-order valence-corrected chi connectivity index (χ1v) is 12.6. The maximum Gasteiger partial charge on any atom is 0.253 e. The molecule has 0 fully saturated rings. The Hall–Kier alpha value is -3.84. The van der Waals surface area contributed by atoms with Gasteiger partial charge in [-0.05, 0) is 55.3 Å². The van der Waals surface area contributed by atoms with Crippen molar-refractivity contribution in [1.29, 1.82) is 0 Å². The summed E-state index contributed by atoms with van der Waals surface area (Å²) in [4.78, 5) is 20.4. The summed E-state index contributed by atoms with van der Waals surface area (Å²) in [6, 6.07) is 26.0. The van der Waals surface area contributed by atoms with Gasteiger partial charge < -0.3 is 9.30 Å². The quantitative estimate of drug-likeness (QED) is 0.273. The third kappa shape index (κ3) is 5.63. The van der Waals surface area contributed by atoms with Gasteiger partial charge >= 0.3 is 0 Å². The Balaban J connectivity index is 1.10. The van der Waals surface area contributed by atoms with Gasteiger partial charge in [0, 0.05) is 53.5 Å². The number of H-pyrrole nitrogens is 1. The van der Waals surface area contributed by atoms with Crippen LogP contribution in [0.15, 0.2) is 96.2 Å². The van der Waals surface area contributed by atoms with Crippen LogP contribution in [0, 0.1) is 0 Å². The number of carbonyl (C=O) groups is 1. The van der Waals surface area contributed by atoms with Crippen LogP contribution in [0.25, 0.3) is 16.9 Å². The van der Waals surface area contributed by atoms with E-state index in [1.54, 1.807) is 16.7 Å². The van der Waals surface area contributed by atoms with Gasteiger partial charge in [-0.3, -0.25) is 9.89 Å². The summed E-state index contributed by atoms with van der Waals surface area (Å²) in [5.41, 5.74) is 5.83. The lowest BCUT2D eigenvalue weighted by atomic mass is 10.1. The number of aromatic amines is 1. The first kappa shape index (κ1) is 22.9. The van der Waals surface area contributed by atoms with Gasteiger partial charge in [0.25, 0.3) is 5.91 Å². The van der Waals surface area contributed by atoms with E-state index in [0.29, 0.717) is 12.1 Å². The summed E-state index contributed by atoms with van der Waals surface area (Å²) in [5, 5.41) is 7.52. The smallest absolute Gasteiger partial charge is 0.253 e. The number of nitrogens with one attached hydrogen (secondary N) is 1. The van der Waals surface area contributed by atoms with E-state index >= 15 is 0 Å². The highest BCUT2D eigenvalue weighted by atomic mass is 32.2.